The predicted molar refractivity (Wildman–Crippen MR) is 193 cm³/mol. The molecule has 0 amide bonds. The molecule has 0 radical (unpaired) electrons. The van der Waals surface area contributed by atoms with Crippen molar-refractivity contribution in [2.24, 2.45) is 0 Å². The van der Waals surface area contributed by atoms with E-state index in [4.69, 9.17) is 0 Å². The molecule has 7 aromatic carbocycles. The molecule has 0 atom stereocenters. The van der Waals surface area contributed by atoms with Crippen molar-refractivity contribution in [1.82, 2.24) is 9.13 Å². The van der Waals surface area contributed by atoms with Gasteiger partial charge >= 0.3 is 0 Å². The van der Waals surface area contributed by atoms with Crippen LogP contribution in [0.25, 0.3) is 86.3 Å². The minimum absolute atomic E-state index is 1.18. The van der Waals surface area contributed by atoms with E-state index in [9.17, 15) is 0 Å². The van der Waals surface area contributed by atoms with Crippen molar-refractivity contribution in [3.63, 3.8) is 0 Å². The Labute approximate surface area is 263 Å². The molecule has 45 heavy (non-hydrogen) atoms. The molecule has 0 saturated carbocycles. The molecule has 0 bridgehead atoms. The second kappa shape index (κ2) is 9.43. The van der Waals surface area contributed by atoms with E-state index in [-0.39, 0.29) is 0 Å². The lowest BCUT2D eigenvalue weighted by Gasteiger charge is -2.09. The first-order valence-corrected chi connectivity index (χ1v) is 16.2. The maximum Gasteiger partial charge on any atom is 0.0555 e. The second-order valence-electron chi connectivity index (χ2n) is 11.8. The first-order chi connectivity index (χ1) is 22.3. The van der Waals surface area contributed by atoms with E-state index in [0.717, 1.165) is 0 Å². The van der Waals surface area contributed by atoms with Crippen LogP contribution in [0.4, 0.5) is 0 Å². The number of aromatic nitrogens is 2. The largest absolute Gasteiger partial charge is 0.309 e. The highest BCUT2D eigenvalue weighted by Crippen LogP contribution is 2.45. The molecule has 0 unspecified atom stereocenters. The van der Waals surface area contributed by atoms with Gasteiger partial charge in [-0.05, 0) is 65.7 Å². The van der Waals surface area contributed by atoms with Crippen LogP contribution in [0.5, 0.6) is 0 Å². The lowest BCUT2D eigenvalue weighted by atomic mass is 10.1. The van der Waals surface area contributed by atoms with E-state index in [1.807, 2.05) is 11.3 Å². The zero-order valence-corrected chi connectivity index (χ0v) is 25.1. The Morgan fingerprint density at radius 3 is 1.73 bits per heavy atom. The van der Waals surface area contributed by atoms with Gasteiger partial charge in [0.05, 0.1) is 22.1 Å². The molecular weight excluding hydrogens is 565 g/mol. The molecule has 10 aromatic rings. The minimum atomic E-state index is 1.18. The highest BCUT2D eigenvalue weighted by molar-refractivity contribution is 7.26. The van der Waals surface area contributed by atoms with Crippen LogP contribution in [-0.2, 0) is 0 Å². The SMILES string of the molecule is c1ccc(-c2ccc(-n3c4ccccc4c4c5sc6cc7c(cc6c5ccc43)c3ccccc3n7-c3ccccc3)cc2)cc1. The zero-order chi connectivity index (χ0) is 29.5. The van der Waals surface area contributed by atoms with Gasteiger partial charge in [-0.15, -0.1) is 11.3 Å². The number of hydrogen-bond donors (Lipinski definition) is 0. The second-order valence-corrected chi connectivity index (χ2v) is 12.8. The molecular formula is C42H26N2S. The van der Waals surface area contributed by atoms with Gasteiger partial charge in [-0.2, -0.15) is 0 Å². The summed E-state index contributed by atoms with van der Waals surface area (Å²) in [5, 5.41) is 7.85. The molecule has 0 saturated heterocycles. The number of fused-ring (bicyclic) bond motifs is 10. The third-order valence-electron chi connectivity index (χ3n) is 9.31. The molecule has 10 rings (SSSR count). The van der Waals surface area contributed by atoms with E-state index < -0.39 is 0 Å². The number of benzene rings is 7. The Balaban J connectivity index is 1.25. The van der Waals surface area contributed by atoms with Crippen molar-refractivity contribution in [3.05, 3.63) is 158 Å². The van der Waals surface area contributed by atoms with E-state index >= 15 is 0 Å². The summed E-state index contributed by atoms with van der Waals surface area (Å²) in [4.78, 5) is 0. The van der Waals surface area contributed by atoms with E-state index in [1.165, 1.54) is 86.3 Å². The smallest absolute Gasteiger partial charge is 0.0555 e. The van der Waals surface area contributed by atoms with Crippen LogP contribution in [0.2, 0.25) is 0 Å². The summed E-state index contributed by atoms with van der Waals surface area (Å²) < 4.78 is 7.50. The fourth-order valence-corrected chi connectivity index (χ4v) is 8.59. The number of rotatable bonds is 3. The fraction of sp³-hybridized carbons (Fsp3) is 0. The molecule has 0 aliphatic heterocycles. The topological polar surface area (TPSA) is 9.86 Å². The molecule has 3 aromatic heterocycles. The third-order valence-corrected chi connectivity index (χ3v) is 10.5. The highest BCUT2D eigenvalue weighted by atomic mass is 32.1. The first kappa shape index (κ1) is 24.8. The van der Waals surface area contributed by atoms with Crippen LogP contribution in [0.15, 0.2) is 158 Å². The summed E-state index contributed by atoms with van der Waals surface area (Å²) >= 11 is 1.92. The van der Waals surface area contributed by atoms with Crippen molar-refractivity contribution < 1.29 is 0 Å². The van der Waals surface area contributed by atoms with Gasteiger partial charge in [-0.1, -0.05) is 103 Å². The van der Waals surface area contributed by atoms with Gasteiger partial charge in [0, 0.05) is 53.1 Å². The van der Waals surface area contributed by atoms with Crippen molar-refractivity contribution in [1.29, 1.82) is 0 Å². The maximum absolute atomic E-state index is 2.43. The summed E-state index contributed by atoms with van der Waals surface area (Å²) in [5.74, 6) is 0. The zero-order valence-electron chi connectivity index (χ0n) is 24.3. The Morgan fingerprint density at radius 2 is 0.956 bits per heavy atom. The minimum Gasteiger partial charge on any atom is -0.309 e. The van der Waals surface area contributed by atoms with Gasteiger partial charge in [0.2, 0.25) is 0 Å². The van der Waals surface area contributed by atoms with Crippen LogP contribution in [-0.4, -0.2) is 9.13 Å². The van der Waals surface area contributed by atoms with Crippen LogP contribution >= 0.6 is 11.3 Å². The van der Waals surface area contributed by atoms with Gasteiger partial charge < -0.3 is 9.13 Å². The molecule has 0 aliphatic carbocycles. The van der Waals surface area contributed by atoms with Crippen LogP contribution in [0.1, 0.15) is 0 Å². The van der Waals surface area contributed by atoms with Gasteiger partial charge in [-0.25, -0.2) is 0 Å². The van der Waals surface area contributed by atoms with Gasteiger partial charge in [0.1, 0.15) is 0 Å². The van der Waals surface area contributed by atoms with Crippen molar-refractivity contribution in [2.75, 3.05) is 0 Å². The van der Waals surface area contributed by atoms with Crippen molar-refractivity contribution in [3.8, 4) is 22.5 Å². The van der Waals surface area contributed by atoms with Gasteiger partial charge in [-0.3, -0.25) is 0 Å². The monoisotopic (exact) mass is 590 g/mol. The third kappa shape index (κ3) is 3.56. The highest BCUT2D eigenvalue weighted by Gasteiger charge is 2.19. The number of hydrogen-bond acceptors (Lipinski definition) is 1. The van der Waals surface area contributed by atoms with Crippen LogP contribution in [0.3, 0.4) is 0 Å². The Bertz CT molecular complexity index is 2730. The Morgan fingerprint density at radius 1 is 0.356 bits per heavy atom. The average Bonchev–Trinajstić information content (AvgIpc) is 3.75. The molecule has 210 valence electrons. The lowest BCUT2D eigenvalue weighted by molar-refractivity contribution is 1.18. The summed E-state index contributed by atoms with van der Waals surface area (Å²) in [6.07, 6.45) is 0. The van der Waals surface area contributed by atoms with Gasteiger partial charge in [0.25, 0.3) is 0 Å². The van der Waals surface area contributed by atoms with Crippen LogP contribution in [0, 0.1) is 0 Å². The van der Waals surface area contributed by atoms with E-state index in [1.54, 1.807) is 0 Å². The predicted octanol–water partition coefficient (Wildman–Crippen LogP) is 11.9. The fourth-order valence-electron chi connectivity index (χ4n) is 7.31. The van der Waals surface area contributed by atoms with Crippen molar-refractivity contribution in [2.45, 2.75) is 0 Å². The molecule has 0 N–H and O–H groups in total. The van der Waals surface area contributed by atoms with E-state index in [0.29, 0.717) is 0 Å². The quantitative estimate of drug-likeness (QED) is 0.194. The Hall–Kier alpha value is -5.64. The summed E-state index contributed by atoms with van der Waals surface area (Å²) in [7, 11) is 0. The molecule has 3 heterocycles. The maximum atomic E-state index is 2.43. The number of thiophene rings is 1. The van der Waals surface area contributed by atoms with E-state index in [2.05, 4.69) is 167 Å². The number of nitrogens with zero attached hydrogens (tertiary/aromatic N) is 2. The summed E-state index contributed by atoms with van der Waals surface area (Å²) in [6, 6.07) is 57.4. The standard InChI is InChI=1S/C42H26N2S/c1-3-11-27(12-4-1)28-19-21-30(22-20-28)43-37-18-10-8-16-33(37)41-38(43)24-23-32-35-25-34-31-15-7-9-17-36(31)44(29-13-5-2-6-14-29)39(34)26-40(35)45-42(32)41/h1-26H. The molecule has 0 fully saturated rings. The average molecular weight is 591 g/mol. The van der Waals surface area contributed by atoms with Gasteiger partial charge in [0.15, 0.2) is 0 Å². The summed E-state index contributed by atoms with van der Waals surface area (Å²) in [6.45, 7) is 0. The van der Waals surface area contributed by atoms with Crippen molar-refractivity contribution >= 4 is 75.1 Å². The lowest BCUT2D eigenvalue weighted by Crippen LogP contribution is -1.93. The normalized spacial score (nSPS) is 12.0. The molecule has 0 aliphatic rings. The Kier molecular flexibility index (Phi) is 5.19. The molecule has 2 nitrogen and oxygen atoms in total. The first-order valence-electron chi connectivity index (χ1n) is 15.4. The molecule has 0 spiro atoms. The van der Waals surface area contributed by atoms with Crippen LogP contribution < -0.4 is 0 Å². The molecule has 3 heteroatoms. The number of para-hydroxylation sites is 3. The summed E-state index contributed by atoms with van der Waals surface area (Å²) in [5.41, 5.74) is 9.79.